The molecule has 3 rings (SSSR count). The lowest BCUT2D eigenvalue weighted by atomic mass is 10.1. The lowest BCUT2D eigenvalue weighted by molar-refractivity contribution is 0.0518. The molecule has 0 bridgehead atoms. The zero-order valence-corrected chi connectivity index (χ0v) is 17.8. The Morgan fingerprint density at radius 3 is 2.77 bits per heavy atom. The number of benzene rings is 2. The number of amidine groups is 1. The van der Waals surface area contributed by atoms with Crippen LogP contribution in [0, 0.1) is 5.41 Å². The molecule has 0 aliphatic carbocycles. The molecule has 5 N–H and O–H groups in total. The van der Waals surface area contributed by atoms with E-state index in [0.29, 0.717) is 35.7 Å². The Balaban J connectivity index is 1.73. The van der Waals surface area contributed by atoms with Gasteiger partial charge in [0.15, 0.2) is 0 Å². The van der Waals surface area contributed by atoms with Crippen molar-refractivity contribution >= 4 is 23.6 Å². The quantitative estimate of drug-likeness (QED) is 0.280. The number of carbonyl (C=O) groups excluding carboxylic acids is 1. The van der Waals surface area contributed by atoms with Gasteiger partial charge in [-0.3, -0.25) is 5.41 Å². The monoisotopic (exact) mass is 422 g/mol. The lowest BCUT2D eigenvalue weighted by Gasteiger charge is -2.25. The van der Waals surface area contributed by atoms with Crippen LogP contribution in [0.1, 0.15) is 41.3 Å². The van der Waals surface area contributed by atoms with Crippen LogP contribution in [0.3, 0.4) is 0 Å². The van der Waals surface area contributed by atoms with Gasteiger partial charge in [-0.05, 0) is 56.6 Å². The number of hydrogen-bond acceptors (Lipinski definition) is 6. The first kappa shape index (κ1) is 22.4. The molecule has 1 fully saturated rings. The molecule has 0 saturated carbocycles. The molecule has 0 spiro atoms. The third-order valence-corrected chi connectivity index (χ3v) is 5.00. The van der Waals surface area contributed by atoms with Gasteiger partial charge in [-0.15, -0.1) is 0 Å². The number of rotatable bonds is 9. The van der Waals surface area contributed by atoms with Gasteiger partial charge < -0.3 is 25.8 Å². The average molecular weight is 423 g/mol. The molecule has 0 atom stereocenters. The lowest BCUT2D eigenvalue weighted by Crippen LogP contribution is -2.34. The van der Waals surface area contributed by atoms with E-state index in [-0.39, 0.29) is 11.9 Å². The highest BCUT2D eigenvalue weighted by molar-refractivity contribution is 5.99. The molecule has 0 aromatic heterocycles. The summed E-state index contributed by atoms with van der Waals surface area (Å²) in [4.78, 5) is 12.7. The van der Waals surface area contributed by atoms with Crippen molar-refractivity contribution in [2.45, 2.75) is 25.9 Å². The summed E-state index contributed by atoms with van der Waals surface area (Å²) in [5.41, 5.74) is 8.28. The number of esters is 1. The van der Waals surface area contributed by atoms with Gasteiger partial charge in [0.2, 0.25) is 0 Å². The summed E-state index contributed by atoms with van der Waals surface area (Å²) in [6, 6.07) is 13.0. The number of hydrogen-bond donors (Lipinski definition) is 4. The second-order valence-corrected chi connectivity index (χ2v) is 7.29. The van der Waals surface area contributed by atoms with Crippen LogP contribution in [0.15, 0.2) is 48.5 Å². The Hall–Kier alpha value is -3.32. The van der Waals surface area contributed by atoms with Gasteiger partial charge >= 0.3 is 5.97 Å². The third kappa shape index (κ3) is 6.33. The van der Waals surface area contributed by atoms with E-state index >= 15 is 0 Å². The van der Waals surface area contributed by atoms with Crippen LogP contribution in [-0.2, 0) is 4.74 Å². The van der Waals surface area contributed by atoms with E-state index in [2.05, 4.69) is 10.6 Å². The van der Waals surface area contributed by atoms with Crippen LogP contribution >= 0.6 is 0 Å². The third-order valence-electron chi connectivity index (χ3n) is 5.00. The molecule has 0 amide bonds. The first-order valence-corrected chi connectivity index (χ1v) is 10.6. The number of anilines is 1. The zero-order chi connectivity index (χ0) is 22.1. The molecule has 2 aromatic rings. The van der Waals surface area contributed by atoms with Crippen molar-refractivity contribution in [2.24, 2.45) is 5.73 Å². The Bertz CT molecular complexity index is 936. The molecular formula is C24H30N4O3. The van der Waals surface area contributed by atoms with Crippen LogP contribution in [0.25, 0.3) is 6.08 Å². The van der Waals surface area contributed by atoms with Gasteiger partial charge in [0, 0.05) is 12.1 Å². The Labute approximate surface area is 183 Å². The number of carbonyl (C=O) groups is 1. The highest BCUT2D eigenvalue weighted by Crippen LogP contribution is 2.29. The maximum atomic E-state index is 12.7. The fourth-order valence-corrected chi connectivity index (χ4v) is 3.46. The number of piperidine rings is 1. The van der Waals surface area contributed by atoms with E-state index in [1.165, 1.54) is 0 Å². The number of nitrogen functional groups attached to an aromatic ring is 1. The van der Waals surface area contributed by atoms with Gasteiger partial charge in [0.1, 0.15) is 23.3 Å². The van der Waals surface area contributed by atoms with Crippen molar-refractivity contribution in [3.8, 4) is 5.75 Å². The van der Waals surface area contributed by atoms with E-state index < -0.39 is 5.97 Å². The molecule has 31 heavy (non-hydrogen) atoms. The summed E-state index contributed by atoms with van der Waals surface area (Å²) >= 11 is 0. The molecule has 7 nitrogen and oxygen atoms in total. The molecular weight excluding hydrogens is 392 g/mol. The van der Waals surface area contributed by atoms with Crippen LogP contribution in [0.4, 0.5) is 5.69 Å². The highest BCUT2D eigenvalue weighted by atomic mass is 16.5. The minimum Gasteiger partial charge on any atom is -0.489 e. The summed E-state index contributed by atoms with van der Waals surface area (Å²) in [5.74, 6) is 0.194. The van der Waals surface area contributed by atoms with Crippen molar-refractivity contribution in [1.29, 1.82) is 5.41 Å². The second-order valence-electron chi connectivity index (χ2n) is 7.29. The SMILES string of the molecule is CCOC(=O)c1c(NC/C=C/c2cccc(C(=N)N)c2)cccc1OC1CCNCC1. The Morgan fingerprint density at radius 1 is 1.26 bits per heavy atom. The van der Waals surface area contributed by atoms with Crippen LogP contribution in [-0.4, -0.2) is 44.2 Å². The zero-order valence-electron chi connectivity index (χ0n) is 17.8. The Kier molecular flexibility index (Phi) is 8.06. The highest BCUT2D eigenvalue weighted by Gasteiger charge is 2.22. The van der Waals surface area contributed by atoms with Crippen molar-refractivity contribution in [2.75, 3.05) is 31.6 Å². The fourth-order valence-electron chi connectivity index (χ4n) is 3.46. The Morgan fingerprint density at radius 2 is 2.03 bits per heavy atom. The van der Waals surface area contributed by atoms with E-state index in [1.807, 2.05) is 48.6 Å². The number of nitrogens with one attached hydrogen (secondary N) is 3. The van der Waals surface area contributed by atoms with Gasteiger partial charge in [-0.2, -0.15) is 0 Å². The van der Waals surface area contributed by atoms with Gasteiger partial charge in [0.05, 0.1) is 12.3 Å². The van der Waals surface area contributed by atoms with Crippen LogP contribution < -0.4 is 21.1 Å². The van der Waals surface area contributed by atoms with Crippen molar-refractivity contribution in [3.05, 3.63) is 65.2 Å². The van der Waals surface area contributed by atoms with Crippen LogP contribution in [0.2, 0.25) is 0 Å². The van der Waals surface area contributed by atoms with E-state index in [1.54, 1.807) is 13.0 Å². The van der Waals surface area contributed by atoms with E-state index in [9.17, 15) is 4.79 Å². The molecule has 1 aliphatic heterocycles. The van der Waals surface area contributed by atoms with Crippen LogP contribution in [0.5, 0.6) is 5.75 Å². The molecule has 1 saturated heterocycles. The molecule has 7 heteroatoms. The largest absolute Gasteiger partial charge is 0.489 e. The molecule has 0 radical (unpaired) electrons. The summed E-state index contributed by atoms with van der Waals surface area (Å²) in [5, 5.41) is 14.2. The molecule has 2 aromatic carbocycles. The van der Waals surface area contributed by atoms with Crippen molar-refractivity contribution in [1.82, 2.24) is 5.32 Å². The van der Waals surface area contributed by atoms with Crippen molar-refractivity contribution in [3.63, 3.8) is 0 Å². The predicted molar refractivity (Wildman–Crippen MR) is 124 cm³/mol. The van der Waals surface area contributed by atoms with Gasteiger partial charge in [-0.25, -0.2) is 4.79 Å². The standard InChI is InChI=1S/C24H30N4O3/c1-2-30-24(29)22-20(9-4-10-21(22)31-19-11-14-27-15-12-19)28-13-5-7-17-6-3-8-18(16-17)23(25)26/h3-10,16,19,27-28H,2,11-15H2,1H3,(H3,25,26)/b7-5+. The van der Waals surface area contributed by atoms with E-state index in [4.69, 9.17) is 20.6 Å². The van der Waals surface area contributed by atoms with Crippen molar-refractivity contribution < 1.29 is 14.3 Å². The first-order chi connectivity index (χ1) is 15.1. The average Bonchev–Trinajstić information content (AvgIpc) is 2.78. The molecule has 0 unspecified atom stereocenters. The minimum atomic E-state index is -0.396. The van der Waals surface area contributed by atoms with Gasteiger partial charge in [0.25, 0.3) is 0 Å². The smallest absolute Gasteiger partial charge is 0.344 e. The summed E-state index contributed by atoms with van der Waals surface area (Å²) in [6.07, 6.45) is 5.79. The second kappa shape index (κ2) is 11.2. The summed E-state index contributed by atoms with van der Waals surface area (Å²) in [7, 11) is 0. The van der Waals surface area contributed by atoms with Gasteiger partial charge in [-0.1, -0.05) is 36.4 Å². The predicted octanol–water partition coefficient (Wildman–Crippen LogP) is 3.40. The summed E-state index contributed by atoms with van der Waals surface area (Å²) in [6.45, 7) is 4.42. The molecule has 1 aliphatic rings. The molecule has 164 valence electrons. The molecule has 1 heterocycles. The topological polar surface area (TPSA) is 109 Å². The number of ether oxygens (including phenoxy) is 2. The first-order valence-electron chi connectivity index (χ1n) is 10.6. The summed E-state index contributed by atoms with van der Waals surface area (Å²) < 4.78 is 11.5. The number of nitrogens with two attached hydrogens (primary N) is 1. The normalized spacial score (nSPS) is 14.4. The fraction of sp³-hybridized carbons (Fsp3) is 0.333. The maximum absolute atomic E-state index is 12.7. The minimum absolute atomic E-state index is 0.0398. The maximum Gasteiger partial charge on any atom is 0.344 e. The van der Waals surface area contributed by atoms with E-state index in [0.717, 1.165) is 31.5 Å².